The minimum Gasteiger partial charge on any atom is -0.508 e. The van der Waals surface area contributed by atoms with Gasteiger partial charge in [0.2, 0.25) is 17.5 Å². The van der Waals surface area contributed by atoms with E-state index >= 15 is 0 Å². The number of hydrogen-bond acceptors (Lipinski definition) is 20. The van der Waals surface area contributed by atoms with Crippen LogP contribution in [0.3, 0.4) is 0 Å². The van der Waals surface area contributed by atoms with Crippen molar-refractivity contribution in [1.29, 1.82) is 0 Å². The predicted molar refractivity (Wildman–Crippen MR) is 171 cm³/mol. The first-order valence-corrected chi connectivity index (χ1v) is 16.4. The Hall–Kier alpha value is -3.71. The van der Waals surface area contributed by atoms with E-state index in [-0.39, 0.29) is 22.7 Å². The summed E-state index contributed by atoms with van der Waals surface area (Å²) in [5.41, 5.74) is -1.24. The maximum atomic E-state index is 14.1. The summed E-state index contributed by atoms with van der Waals surface area (Å²) in [5.74, 6) is -2.40. The Morgan fingerprint density at radius 2 is 1.21 bits per heavy atom. The summed E-state index contributed by atoms with van der Waals surface area (Å²) in [6.45, 7) is -0.451. The molecular formula is C33H40O20. The van der Waals surface area contributed by atoms with Gasteiger partial charge in [-0.1, -0.05) is 0 Å². The van der Waals surface area contributed by atoms with Crippen LogP contribution in [0.4, 0.5) is 0 Å². The van der Waals surface area contributed by atoms with E-state index in [2.05, 4.69) is 0 Å². The molecule has 3 saturated heterocycles. The number of aliphatic hydroxyl groups excluding tert-OH is 9. The molecule has 20 heteroatoms. The van der Waals surface area contributed by atoms with Crippen molar-refractivity contribution in [3.05, 3.63) is 46.6 Å². The van der Waals surface area contributed by atoms with Crippen LogP contribution in [0.15, 0.2) is 45.6 Å². The Balaban J connectivity index is 1.47. The zero-order valence-corrected chi connectivity index (χ0v) is 27.7. The third-order valence-electron chi connectivity index (χ3n) is 9.32. The van der Waals surface area contributed by atoms with E-state index in [9.17, 15) is 66.1 Å². The fraction of sp³-hybridized carbons (Fsp3) is 0.545. The number of fused-ring (bicyclic) bond motifs is 1. The predicted octanol–water partition coefficient (Wildman–Crippen LogP) is -3.57. The standard InChI is InChI=1S/C33H40O20/c1-10-19(39)23(43)25(45)31(47-10)53-30-28(51-32-26(46)24(44)20(40)16(8-34)49-32)21(41)17(9-35)50-33(30)52-29-22(42)18-14(38)6-13(37)7-15(18)48-27(29)11-2-4-12(36)5-3-11/h2-7,10,16-17,19-21,23-26,28,30-41,43-46H,8-9H2,1H3/t10-,16+,17+,19-,20+,21-,23+,24-,25+,26+,28-,30+,31-,32+,33+/m0/s1. The Morgan fingerprint density at radius 3 is 1.85 bits per heavy atom. The van der Waals surface area contributed by atoms with Gasteiger partial charge in [0.25, 0.3) is 0 Å². The molecule has 53 heavy (non-hydrogen) atoms. The molecule has 3 fully saturated rings. The van der Waals surface area contributed by atoms with Crippen LogP contribution in [0, 0.1) is 0 Å². The van der Waals surface area contributed by atoms with Gasteiger partial charge in [-0.25, -0.2) is 0 Å². The van der Waals surface area contributed by atoms with Gasteiger partial charge < -0.3 is 94.1 Å². The molecular weight excluding hydrogens is 716 g/mol. The number of phenolic OH excluding ortho intramolecular Hbond substituents is 3. The second-order valence-corrected chi connectivity index (χ2v) is 12.9. The van der Waals surface area contributed by atoms with Crippen LogP contribution in [0.5, 0.6) is 23.0 Å². The molecule has 1 aromatic heterocycles. The number of ether oxygens (including phenoxy) is 6. The number of hydrogen-bond donors (Lipinski definition) is 12. The van der Waals surface area contributed by atoms with Crippen LogP contribution in [-0.4, -0.2) is 167 Å². The van der Waals surface area contributed by atoms with Gasteiger partial charge in [0, 0.05) is 17.7 Å². The van der Waals surface area contributed by atoms with Crippen molar-refractivity contribution in [2.45, 2.75) is 99.0 Å². The molecule has 0 amide bonds. The van der Waals surface area contributed by atoms with Crippen molar-refractivity contribution in [3.8, 4) is 34.3 Å². The quantitative estimate of drug-likeness (QED) is 0.100. The molecule has 3 aliphatic rings. The maximum Gasteiger partial charge on any atom is 0.239 e. The topological polar surface area (TPSA) is 328 Å². The van der Waals surface area contributed by atoms with Crippen molar-refractivity contribution in [1.82, 2.24) is 0 Å². The van der Waals surface area contributed by atoms with Crippen molar-refractivity contribution < 1.29 is 94.1 Å². The van der Waals surface area contributed by atoms with Gasteiger partial charge in [-0.3, -0.25) is 4.79 Å². The molecule has 12 N–H and O–H groups in total. The largest absolute Gasteiger partial charge is 0.508 e. The van der Waals surface area contributed by atoms with Crippen LogP contribution in [0.25, 0.3) is 22.3 Å². The highest BCUT2D eigenvalue weighted by atomic mass is 16.8. The van der Waals surface area contributed by atoms with Crippen molar-refractivity contribution in [2.75, 3.05) is 13.2 Å². The lowest BCUT2D eigenvalue weighted by Gasteiger charge is -2.48. The van der Waals surface area contributed by atoms with Gasteiger partial charge in [-0.05, 0) is 31.2 Å². The highest BCUT2D eigenvalue weighted by Crippen LogP contribution is 2.39. The third-order valence-corrected chi connectivity index (χ3v) is 9.32. The molecule has 292 valence electrons. The van der Waals surface area contributed by atoms with Gasteiger partial charge in [0.05, 0.1) is 19.3 Å². The minimum atomic E-state index is -2.02. The average molecular weight is 757 g/mol. The normalized spacial score (nSPS) is 37.8. The molecule has 3 aliphatic heterocycles. The molecule has 0 spiro atoms. The van der Waals surface area contributed by atoms with Crippen molar-refractivity contribution in [2.24, 2.45) is 0 Å². The van der Waals surface area contributed by atoms with Crippen LogP contribution < -0.4 is 10.2 Å². The van der Waals surface area contributed by atoms with Gasteiger partial charge in [0.1, 0.15) is 89.3 Å². The molecule has 2 aromatic carbocycles. The Kier molecular flexibility index (Phi) is 11.5. The summed E-state index contributed by atoms with van der Waals surface area (Å²) in [6, 6.07) is 7.05. The summed E-state index contributed by atoms with van der Waals surface area (Å²) in [6.07, 6.45) is -26.9. The van der Waals surface area contributed by atoms with E-state index < -0.39 is 133 Å². The van der Waals surface area contributed by atoms with Crippen LogP contribution in [0.1, 0.15) is 6.92 Å². The Bertz CT molecular complexity index is 1780. The molecule has 0 radical (unpaired) electrons. The number of aliphatic hydroxyl groups is 9. The smallest absolute Gasteiger partial charge is 0.239 e. The van der Waals surface area contributed by atoms with Crippen LogP contribution in [-0.2, 0) is 23.7 Å². The van der Waals surface area contributed by atoms with Gasteiger partial charge >= 0.3 is 0 Å². The van der Waals surface area contributed by atoms with E-state index in [4.69, 9.17) is 32.8 Å². The zero-order valence-electron chi connectivity index (χ0n) is 27.7. The third kappa shape index (κ3) is 7.39. The maximum absolute atomic E-state index is 14.1. The van der Waals surface area contributed by atoms with Crippen LogP contribution in [0.2, 0.25) is 0 Å². The average Bonchev–Trinajstić information content (AvgIpc) is 3.12. The monoisotopic (exact) mass is 756 g/mol. The van der Waals surface area contributed by atoms with Gasteiger partial charge in [0.15, 0.2) is 24.4 Å². The first kappa shape index (κ1) is 39.0. The highest BCUT2D eigenvalue weighted by molar-refractivity contribution is 5.88. The molecule has 15 atom stereocenters. The van der Waals surface area contributed by atoms with Gasteiger partial charge in [-0.2, -0.15) is 0 Å². The fourth-order valence-corrected chi connectivity index (χ4v) is 6.35. The molecule has 20 nitrogen and oxygen atoms in total. The summed E-state index contributed by atoms with van der Waals surface area (Å²) < 4.78 is 40.8. The van der Waals surface area contributed by atoms with Crippen molar-refractivity contribution >= 4 is 11.0 Å². The zero-order chi connectivity index (χ0) is 38.5. The van der Waals surface area contributed by atoms with Crippen LogP contribution >= 0.6 is 0 Å². The minimum absolute atomic E-state index is 0.109. The number of benzene rings is 2. The van der Waals surface area contributed by atoms with Gasteiger partial charge in [-0.15, -0.1) is 0 Å². The molecule has 4 heterocycles. The Morgan fingerprint density at radius 1 is 0.642 bits per heavy atom. The number of aromatic hydroxyl groups is 3. The molecule has 0 aliphatic carbocycles. The number of phenols is 3. The lowest BCUT2D eigenvalue weighted by Crippen LogP contribution is -2.67. The second-order valence-electron chi connectivity index (χ2n) is 12.9. The summed E-state index contributed by atoms with van der Waals surface area (Å²) in [4.78, 5) is 14.1. The fourth-order valence-electron chi connectivity index (χ4n) is 6.35. The molecule has 6 rings (SSSR count). The lowest BCUT2D eigenvalue weighted by molar-refractivity contribution is -0.383. The van der Waals surface area contributed by atoms with E-state index in [0.29, 0.717) is 0 Å². The highest BCUT2D eigenvalue weighted by Gasteiger charge is 2.55. The molecule has 3 aromatic rings. The number of rotatable bonds is 9. The SMILES string of the molecule is C[C@@H]1O[C@@H](O[C@H]2[C@@H](Oc3c(-c4ccc(O)cc4)oc4cc(O)cc(O)c4c3=O)O[C@H](CO)[C@H](O)[C@@H]2O[C@H]2O[C@H](CO)[C@@H](O)[C@H](O)[C@H]2O)[C@H](O)[C@H](O)[C@H]1O. The first-order valence-electron chi connectivity index (χ1n) is 16.4. The molecule has 0 bridgehead atoms. The van der Waals surface area contributed by atoms with Crippen molar-refractivity contribution in [3.63, 3.8) is 0 Å². The van der Waals surface area contributed by atoms with E-state index in [1.54, 1.807) is 0 Å². The van der Waals surface area contributed by atoms with E-state index in [0.717, 1.165) is 12.1 Å². The molecule has 0 saturated carbocycles. The summed E-state index contributed by atoms with van der Waals surface area (Å²) in [7, 11) is 0. The summed E-state index contributed by atoms with van der Waals surface area (Å²) in [5, 5.41) is 125. The lowest BCUT2D eigenvalue weighted by atomic mass is 9.96. The Labute approximate surface area is 298 Å². The van der Waals surface area contributed by atoms with E-state index in [1.807, 2.05) is 0 Å². The molecule has 0 unspecified atom stereocenters. The second kappa shape index (κ2) is 15.6. The summed E-state index contributed by atoms with van der Waals surface area (Å²) >= 11 is 0. The first-order chi connectivity index (χ1) is 25.1. The van der Waals surface area contributed by atoms with E-state index in [1.165, 1.54) is 31.2 Å².